The van der Waals surface area contributed by atoms with E-state index in [1.165, 1.54) is 80.3 Å². The Hall–Kier alpha value is -7.53. The minimum absolute atomic E-state index is 0.00710. The van der Waals surface area contributed by atoms with Crippen molar-refractivity contribution in [3.8, 4) is 45.0 Å². The fraction of sp³-hybridized carbons (Fsp3) is 0.0351. The van der Waals surface area contributed by atoms with Crippen LogP contribution in [-0.4, -0.2) is 15.0 Å². The average Bonchev–Trinajstić information content (AvgIpc) is 3.73. The highest BCUT2D eigenvalue weighted by Gasteiger charge is 2.22. The molecular formula is C57H37N3S. The quantitative estimate of drug-likeness (QED) is 0.157. The molecule has 2 heterocycles. The molecular weight excluding hydrogens is 759 g/mol. The molecule has 286 valence electrons. The zero-order valence-corrected chi connectivity index (χ0v) is 34.0. The van der Waals surface area contributed by atoms with E-state index in [0.29, 0.717) is 11.6 Å². The number of rotatable bonds is 6. The number of thiophene rings is 1. The van der Waals surface area contributed by atoms with Gasteiger partial charge in [0, 0.05) is 37.2 Å². The Morgan fingerprint density at radius 1 is 0.393 bits per heavy atom. The number of benzene rings is 9. The first-order chi connectivity index (χ1) is 30.2. The van der Waals surface area contributed by atoms with E-state index in [2.05, 4.69) is 206 Å². The van der Waals surface area contributed by atoms with E-state index in [9.17, 15) is 0 Å². The molecule has 0 amide bonds. The number of nitrogens with zero attached hydrogens (tertiary/aromatic N) is 3. The number of hydrogen-bond donors (Lipinski definition) is 0. The predicted molar refractivity (Wildman–Crippen MR) is 258 cm³/mol. The minimum atomic E-state index is 0.00710. The lowest BCUT2D eigenvalue weighted by atomic mass is 9.90. The standard InChI is InChI=1S/C57H37N3S/c1-3-13-36(14-4-1)38-23-27-40(28-24-38)55-58-56(41-29-25-39(26-30-41)37-15-5-2-6-16-37)60-57(59-55)43-34-50(54-49-21-11-12-22-52(49)61-53(54)35-43)42-31-32-48-46-19-8-7-17-44(46)45-18-9-10-20-47(45)51(48)33-42/h1-29,31-35,41H,30H2. The molecule has 11 aromatic rings. The van der Waals surface area contributed by atoms with Gasteiger partial charge in [0.05, 0.1) is 0 Å². The Balaban J connectivity index is 1.05. The van der Waals surface area contributed by atoms with Crippen LogP contribution in [0.25, 0.3) is 103 Å². The van der Waals surface area contributed by atoms with Crippen molar-refractivity contribution in [1.82, 2.24) is 15.0 Å². The molecule has 4 heteroatoms. The molecule has 2 aromatic heterocycles. The van der Waals surface area contributed by atoms with Crippen LogP contribution in [0.15, 0.2) is 206 Å². The summed E-state index contributed by atoms with van der Waals surface area (Å²) in [7, 11) is 0. The van der Waals surface area contributed by atoms with Crippen LogP contribution in [-0.2, 0) is 0 Å². The lowest BCUT2D eigenvalue weighted by Crippen LogP contribution is -2.08. The van der Waals surface area contributed by atoms with Gasteiger partial charge in [0.15, 0.2) is 11.6 Å². The van der Waals surface area contributed by atoms with Gasteiger partial charge in [-0.25, -0.2) is 15.0 Å². The van der Waals surface area contributed by atoms with Gasteiger partial charge >= 0.3 is 0 Å². The Morgan fingerprint density at radius 3 is 1.61 bits per heavy atom. The maximum absolute atomic E-state index is 5.34. The Kier molecular flexibility index (Phi) is 8.50. The molecule has 0 fully saturated rings. The largest absolute Gasteiger partial charge is 0.212 e. The van der Waals surface area contributed by atoms with Crippen LogP contribution in [0.4, 0.5) is 0 Å². The monoisotopic (exact) mass is 795 g/mol. The molecule has 3 nitrogen and oxygen atoms in total. The molecule has 0 spiro atoms. The highest BCUT2D eigenvalue weighted by molar-refractivity contribution is 7.26. The van der Waals surface area contributed by atoms with Crippen LogP contribution in [0.5, 0.6) is 0 Å². The van der Waals surface area contributed by atoms with E-state index >= 15 is 0 Å². The normalized spacial score (nSPS) is 14.0. The molecule has 0 bridgehead atoms. The summed E-state index contributed by atoms with van der Waals surface area (Å²) in [5.74, 6) is 2.13. The summed E-state index contributed by atoms with van der Waals surface area (Å²) in [6, 6.07) is 67.6. The summed E-state index contributed by atoms with van der Waals surface area (Å²) in [5.41, 5.74) is 9.05. The molecule has 1 aliphatic rings. The second-order valence-electron chi connectivity index (χ2n) is 15.9. The lowest BCUT2D eigenvalue weighted by molar-refractivity contribution is 0.766. The molecule has 0 radical (unpaired) electrons. The van der Waals surface area contributed by atoms with E-state index in [4.69, 9.17) is 15.0 Å². The van der Waals surface area contributed by atoms with Crippen molar-refractivity contribution in [3.05, 3.63) is 218 Å². The van der Waals surface area contributed by atoms with Gasteiger partial charge in [0.1, 0.15) is 5.82 Å². The zero-order chi connectivity index (χ0) is 40.3. The van der Waals surface area contributed by atoms with Gasteiger partial charge in [0.25, 0.3) is 0 Å². The van der Waals surface area contributed by atoms with Gasteiger partial charge in [-0.2, -0.15) is 0 Å². The minimum Gasteiger partial charge on any atom is -0.212 e. The highest BCUT2D eigenvalue weighted by atomic mass is 32.1. The third-order valence-electron chi connectivity index (χ3n) is 12.2. The SMILES string of the molecule is C1=CC(c2nc(-c3ccc(-c4ccccc4)cc3)nc(-c3cc(-c4ccc5c6ccccc6c6ccccc6c5c4)c4c(c3)sc3ccccc34)n2)CC=C1c1ccccc1. The third kappa shape index (κ3) is 6.23. The number of fused-ring (bicyclic) bond motifs is 9. The van der Waals surface area contributed by atoms with Crippen LogP contribution in [0.1, 0.15) is 23.7 Å². The van der Waals surface area contributed by atoms with Crippen LogP contribution >= 0.6 is 11.3 Å². The summed E-state index contributed by atoms with van der Waals surface area (Å²) in [6.07, 6.45) is 7.59. The van der Waals surface area contributed by atoms with Crippen molar-refractivity contribution in [2.24, 2.45) is 0 Å². The molecule has 0 N–H and O–H groups in total. The number of allylic oxidation sites excluding steroid dienone is 4. The van der Waals surface area contributed by atoms with Crippen LogP contribution in [0.3, 0.4) is 0 Å². The predicted octanol–water partition coefficient (Wildman–Crippen LogP) is 15.5. The summed E-state index contributed by atoms with van der Waals surface area (Å²) < 4.78 is 2.47. The average molecular weight is 796 g/mol. The second kappa shape index (κ2) is 14.6. The highest BCUT2D eigenvalue weighted by Crippen LogP contribution is 2.45. The summed E-state index contributed by atoms with van der Waals surface area (Å²) in [4.78, 5) is 15.9. The fourth-order valence-electron chi connectivity index (χ4n) is 9.20. The van der Waals surface area contributed by atoms with E-state index in [1.807, 2.05) is 11.3 Å². The maximum Gasteiger partial charge on any atom is 0.163 e. The molecule has 61 heavy (non-hydrogen) atoms. The van der Waals surface area contributed by atoms with Crippen molar-refractivity contribution in [2.75, 3.05) is 0 Å². The molecule has 9 aromatic carbocycles. The molecule has 0 aliphatic heterocycles. The first-order valence-electron chi connectivity index (χ1n) is 20.9. The van der Waals surface area contributed by atoms with Gasteiger partial charge in [-0.05, 0) is 96.4 Å². The van der Waals surface area contributed by atoms with Crippen molar-refractivity contribution in [3.63, 3.8) is 0 Å². The fourth-order valence-corrected chi connectivity index (χ4v) is 10.4. The van der Waals surface area contributed by atoms with Crippen molar-refractivity contribution >= 4 is 69.4 Å². The third-order valence-corrected chi connectivity index (χ3v) is 13.4. The second-order valence-corrected chi connectivity index (χ2v) is 16.9. The van der Waals surface area contributed by atoms with E-state index in [1.54, 1.807) is 0 Å². The molecule has 0 saturated carbocycles. The zero-order valence-electron chi connectivity index (χ0n) is 33.2. The van der Waals surface area contributed by atoms with Crippen molar-refractivity contribution in [1.29, 1.82) is 0 Å². The molecule has 1 atom stereocenters. The first-order valence-corrected chi connectivity index (χ1v) is 21.7. The van der Waals surface area contributed by atoms with E-state index in [-0.39, 0.29) is 5.92 Å². The van der Waals surface area contributed by atoms with Gasteiger partial charge in [-0.15, -0.1) is 11.3 Å². The van der Waals surface area contributed by atoms with Gasteiger partial charge in [-0.1, -0.05) is 182 Å². The number of hydrogen-bond acceptors (Lipinski definition) is 4. The summed E-state index contributed by atoms with van der Waals surface area (Å²) in [5, 5.41) is 10.1. The maximum atomic E-state index is 5.34. The first kappa shape index (κ1) is 35.4. The smallest absolute Gasteiger partial charge is 0.163 e. The topological polar surface area (TPSA) is 38.7 Å². The van der Waals surface area contributed by atoms with Crippen LogP contribution in [0, 0.1) is 0 Å². The van der Waals surface area contributed by atoms with Crippen LogP contribution < -0.4 is 0 Å². The molecule has 1 aliphatic carbocycles. The Labute approximate surface area is 357 Å². The van der Waals surface area contributed by atoms with Crippen molar-refractivity contribution < 1.29 is 0 Å². The number of aromatic nitrogens is 3. The Bertz CT molecular complexity index is 3510. The van der Waals surface area contributed by atoms with Crippen LogP contribution in [0.2, 0.25) is 0 Å². The summed E-state index contributed by atoms with van der Waals surface area (Å²) >= 11 is 1.83. The Morgan fingerprint density at radius 2 is 0.934 bits per heavy atom. The van der Waals surface area contributed by atoms with Gasteiger partial charge < -0.3 is 0 Å². The molecule has 1 unspecified atom stereocenters. The lowest BCUT2D eigenvalue weighted by Gasteiger charge is -2.17. The molecule has 0 saturated heterocycles. The van der Waals surface area contributed by atoms with Gasteiger partial charge in [-0.3, -0.25) is 0 Å². The molecule has 12 rings (SSSR count). The van der Waals surface area contributed by atoms with Crippen molar-refractivity contribution in [2.45, 2.75) is 12.3 Å². The van der Waals surface area contributed by atoms with Gasteiger partial charge in [0.2, 0.25) is 0 Å². The summed E-state index contributed by atoms with van der Waals surface area (Å²) in [6.45, 7) is 0. The van der Waals surface area contributed by atoms with E-state index in [0.717, 1.165) is 28.9 Å². The van der Waals surface area contributed by atoms with E-state index < -0.39 is 0 Å².